The summed E-state index contributed by atoms with van der Waals surface area (Å²) in [4.78, 5) is 35.7. The second kappa shape index (κ2) is 7.29. The first-order valence-corrected chi connectivity index (χ1v) is 11.6. The van der Waals surface area contributed by atoms with Crippen molar-refractivity contribution in [2.45, 2.75) is 91.5 Å². The quantitative estimate of drug-likeness (QED) is 0.492. The van der Waals surface area contributed by atoms with E-state index in [4.69, 9.17) is 14.2 Å². The zero-order chi connectivity index (χ0) is 24.6. The number of fused-ring (bicyclic) bond motifs is 3. The molecule has 5 atom stereocenters. The number of hydrogen-bond acceptors (Lipinski definition) is 7. The summed E-state index contributed by atoms with van der Waals surface area (Å²) in [5.74, 6) is -1.41. The van der Waals surface area contributed by atoms with E-state index in [0.717, 1.165) is 31.8 Å². The van der Waals surface area contributed by atoms with E-state index in [1.165, 1.54) is 13.8 Å². The molecule has 1 saturated heterocycles. The Balaban J connectivity index is 1.81. The maximum atomic E-state index is 12.2. The molecule has 1 aliphatic heterocycles. The molecular formula is C26H34O7. The summed E-state index contributed by atoms with van der Waals surface area (Å²) in [6.45, 7) is 13.0. The van der Waals surface area contributed by atoms with Crippen LogP contribution in [0.3, 0.4) is 0 Å². The fraction of sp³-hybridized carbons (Fsp3) is 0.654. The molecule has 3 aliphatic carbocycles. The van der Waals surface area contributed by atoms with Crippen LogP contribution in [0.1, 0.15) is 74.1 Å². The maximum absolute atomic E-state index is 12.2. The van der Waals surface area contributed by atoms with Gasteiger partial charge in [0.1, 0.15) is 17.5 Å². The van der Waals surface area contributed by atoms with Crippen LogP contribution in [0.25, 0.3) is 0 Å². The number of rotatable bonds is 3. The minimum Gasteiger partial charge on any atom is -0.504 e. The molecule has 2 saturated carbocycles. The van der Waals surface area contributed by atoms with Gasteiger partial charge in [-0.3, -0.25) is 14.4 Å². The van der Waals surface area contributed by atoms with Crippen LogP contribution < -0.4 is 0 Å². The molecule has 1 N–H and O–H groups in total. The van der Waals surface area contributed by atoms with Gasteiger partial charge < -0.3 is 19.3 Å². The number of aliphatic hydroxyl groups excluding tert-OH is 1. The molecule has 7 nitrogen and oxygen atoms in total. The number of ether oxygens (including phenoxy) is 3. The molecule has 0 radical (unpaired) electrons. The van der Waals surface area contributed by atoms with Crippen LogP contribution in [0.2, 0.25) is 0 Å². The van der Waals surface area contributed by atoms with Crippen molar-refractivity contribution in [3.05, 3.63) is 34.8 Å². The van der Waals surface area contributed by atoms with Gasteiger partial charge in [0.05, 0.1) is 5.60 Å². The van der Waals surface area contributed by atoms with Crippen LogP contribution >= 0.6 is 0 Å². The van der Waals surface area contributed by atoms with Crippen molar-refractivity contribution in [3.8, 4) is 0 Å². The fourth-order valence-corrected chi connectivity index (χ4v) is 7.01. The summed E-state index contributed by atoms with van der Waals surface area (Å²) in [5.41, 5.74) is -0.753. The Morgan fingerprint density at radius 2 is 1.79 bits per heavy atom. The summed E-state index contributed by atoms with van der Waals surface area (Å²) in [7, 11) is 0. The Morgan fingerprint density at radius 3 is 2.39 bits per heavy atom. The third kappa shape index (κ3) is 3.30. The smallest absolute Gasteiger partial charge is 0.308 e. The summed E-state index contributed by atoms with van der Waals surface area (Å²) in [5, 5.41) is 10.4. The molecule has 33 heavy (non-hydrogen) atoms. The number of hydrogen-bond donors (Lipinski definition) is 1. The van der Waals surface area contributed by atoms with E-state index in [2.05, 4.69) is 27.7 Å². The molecule has 0 spiro atoms. The predicted octanol–water partition coefficient (Wildman–Crippen LogP) is 4.47. The number of carbonyl (C=O) groups excluding carboxylic acids is 3. The third-order valence-electron chi connectivity index (χ3n) is 8.74. The van der Waals surface area contributed by atoms with Gasteiger partial charge in [0.2, 0.25) is 5.78 Å². The zero-order valence-corrected chi connectivity index (χ0v) is 20.5. The summed E-state index contributed by atoms with van der Waals surface area (Å²) in [6.07, 6.45) is 6.23. The normalized spacial score (nSPS) is 40.5. The molecule has 3 fully saturated rings. The molecular weight excluding hydrogens is 424 g/mol. The molecule has 180 valence electrons. The molecule has 4 rings (SSSR count). The van der Waals surface area contributed by atoms with Crippen LogP contribution in [0, 0.1) is 16.7 Å². The van der Waals surface area contributed by atoms with E-state index < -0.39 is 23.0 Å². The molecule has 0 aromatic carbocycles. The minimum absolute atomic E-state index is 0.133. The molecule has 0 amide bonds. The van der Waals surface area contributed by atoms with Gasteiger partial charge in [0.25, 0.3) is 0 Å². The van der Waals surface area contributed by atoms with Crippen LogP contribution in [0.15, 0.2) is 34.8 Å². The van der Waals surface area contributed by atoms with E-state index in [1.54, 1.807) is 6.92 Å². The monoisotopic (exact) mass is 458 g/mol. The first-order chi connectivity index (χ1) is 15.2. The van der Waals surface area contributed by atoms with Crippen molar-refractivity contribution >= 4 is 17.7 Å². The highest BCUT2D eigenvalue weighted by atomic mass is 16.6. The van der Waals surface area contributed by atoms with Crippen molar-refractivity contribution in [3.63, 3.8) is 0 Å². The third-order valence-corrected chi connectivity index (χ3v) is 8.74. The van der Waals surface area contributed by atoms with E-state index >= 15 is 0 Å². The van der Waals surface area contributed by atoms with E-state index in [-0.39, 0.29) is 40.3 Å². The molecule has 4 aliphatic rings. The lowest BCUT2D eigenvalue weighted by molar-refractivity contribution is -0.174. The van der Waals surface area contributed by atoms with Gasteiger partial charge in [-0.2, -0.15) is 0 Å². The molecule has 7 heteroatoms. The lowest BCUT2D eigenvalue weighted by atomic mass is 9.45. The van der Waals surface area contributed by atoms with Crippen molar-refractivity contribution < 1.29 is 33.7 Å². The summed E-state index contributed by atoms with van der Waals surface area (Å²) in [6, 6.07) is 0. The number of esters is 2. The zero-order valence-electron chi connectivity index (χ0n) is 20.5. The Bertz CT molecular complexity index is 1030. The topological polar surface area (TPSA) is 102 Å². The Labute approximate surface area is 194 Å². The Hall–Kier alpha value is -2.41. The van der Waals surface area contributed by atoms with Gasteiger partial charge in [0.15, 0.2) is 5.76 Å². The number of allylic oxidation sites excluding steroid dienone is 2. The van der Waals surface area contributed by atoms with Crippen molar-refractivity contribution in [2.75, 3.05) is 0 Å². The number of carbonyl (C=O) groups is 3. The van der Waals surface area contributed by atoms with Gasteiger partial charge in [0, 0.05) is 41.9 Å². The maximum Gasteiger partial charge on any atom is 0.308 e. The fourth-order valence-electron chi connectivity index (χ4n) is 7.01. The lowest BCUT2D eigenvalue weighted by Crippen LogP contribution is -2.60. The van der Waals surface area contributed by atoms with Crippen LogP contribution in [-0.2, 0) is 28.6 Å². The average Bonchev–Trinajstić information content (AvgIpc) is 3.32. The number of epoxide rings is 1. The molecule has 0 aromatic rings. The molecule has 0 bridgehead atoms. The van der Waals surface area contributed by atoms with Gasteiger partial charge in [-0.15, -0.1) is 0 Å². The Kier molecular flexibility index (Phi) is 5.25. The van der Waals surface area contributed by atoms with Gasteiger partial charge in [-0.05, 0) is 51.5 Å². The SMILES string of the molecule is CC(=O)OC1=CC(=O)C(O)=C(C)/C1=C\[C@@]12O[C@]1(C)CC[C@H]1C(C)(C)[C@@H](OC(C)=O)CC[C@@]12C. The van der Waals surface area contributed by atoms with Crippen LogP contribution in [0.4, 0.5) is 0 Å². The number of ketones is 1. The number of aliphatic hydroxyl groups is 1. The minimum atomic E-state index is -0.669. The molecule has 0 aromatic heterocycles. The van der Waals surface area contributed by atoms with Crippen molar-refractivity contribution in [2.24, 2.45) is 16.7 Å². The predicted molar refractivity (Wildman–Crippen MR) is 120 cm³/mol. The highest BCUT2D eigenvalue weighted by molar-refractivity contribution is 6.06. The Morgan fingerprint density at radius 1 is 1.12 bits per heavy atom. The second-order valence-electron chi connectivity index (χ2n) is 11.0. The first kappa shape index (κ1) is 23.7. The lowest BCUT2D eigenvalue weighted by Gasteiger charge is -2.58. The largest absolute Gasteiger partial charge is 0.504 e. The van der Waals surface area contributed by atoms with Crippen LogP contribution in [0.5, 0.6) is 0 Å². The average molecular weight is 459 g/mol. The highest BCUT2D eigenvalue weighted by Crippen LogP contribution is 2.74. The summed E-state index contributed by atoms with van der Waals surface area (Å²) >= 11 is 0. The first-order valence-electron chi connectivity index (χ1n) is 11.6. The van der Waals surface area contributed by atoms with E-state index in [0.29, 0.717) is 11.1 Å². The van der Waals surface area contributed by atoms with Crippen molar-refractivity contribution in [1.29, 1.82) is 0 Å². The highest BCUT2D eigenvalue weighted by Gasteiger charge is 2.79. The molecule has 0 unspecified atom stereocenters. The van der Waals surface area contributed by atoms with Gasteiger partial charge >= 0.3 is 11.9 Å². The second-order valence-corrected chi connectivity index (χ2v) is 11.0. The standard InChI is InChI=1S/C26H34O7/c1-14-17(19(31-15(2)27)12-18(29)22(14)30)13-26-24(6)10-9-21(32-16(3)28)23(4,5)20(24)8-11-25(26,7)33-26/h12-13,20-21,30H,8-11H2,1-7H3/b17-13+/t20-,21-,24-,25+,26-/m0/s1. The van der Waals surface area contributed by atoms with Gasteiger partial charge in [-0.25, -0.2) is 0 Å². The van der Waals surface area contributed by atoms with E-state index in [9.17, 15) is 19.5 Å². The van der Waals surface area contributed by atoms with Crippen LogP contribution in [-0.4, -0.2) is 40.1 Å². The van der Waals surface area contributed by atoms with E-state index in [1.807, 2.05) is 6.08 Å². The summed E-state index contributed by atoms with van der Waals surface area (Å²) < 4.78 is 17.7. The van der Waals surface area contributed by atoms with Crippen molar-refractivity contribution in [1.82, 2.24) is 0 Å². The van der Waals surface area contributed by atoms with Gasteiger partial charge in [-0.1, -0.05) is 20.8 Å². The molecule has 1 heterocycles.